The van der Waals surface area contributed by atoms with Crippen LogP contribution in [0.15, 0.2) is 12.1 Å². The molecule has 0 fully saturated rings. The standard InChI is InChI=1S/C13H19NO2/c1-9-6-7-11-12(14-15-3)5-4-8-16-13(11)10(9)2/h6-7,12,14H,4-5,8H2,1-3H3. The van der Waals surface area contributed by atoms with Crippen molar-refractivity contribution < 1.29 is 9.57 Å². The van der Waals surface area contributed by atoms with Crippen LogP contribution in [0.2, 0.25) is 0 Å². The second-order valence-electron chi connectivity index (χ2n) is 4.29. The molecule has 1 aromatic carbocycles. The summed E-state index contributed by atoms with van der Waals surface area (Å²) in [7, 11) is 1.66. The van der Waals surface area contributed by atoms with Crippen LogP contribution in [0.4, 0.5) is 0 Å². The van der Waals surface area contributed by atoms with Gasteiger partial charge < -0.3 is 9.57 Å². The number of hydroxylamine groups is 1. The maximum absolute atomic E-state index is 5.84. The summed E-state index contributed by atoms with van der Waals surface area (Å²) >= 11 is 0. The highest BCUT2D eigenvalue weighted by atomic mass is 16.6. The molecule has 88 valence electrons. The second kappa shape index (κ2) is 4.85. The van der Waals surface area contributed by atoms with Gasteiger partial charge in [0, 0.05) is 5.56 Å². The summed E-state index contributed by atoms with van der Waals surface area (Å²) < 4.78 is 5.84. The van der Waals surface area contributed by atoms with E-state index >= 15 is 0 Å². The fourth-order valence-corrected chi connectivity index (χ4v) is 2.16. The van der Waals surface area contributed by atoms with Crippen molar-refractivity contribution in [1.29, 1.82) is 0 Å². The Hall–Kier alpha value is -1.06. The van der Waals surface area contributed by atoms with E-state index in [1.807, 2.05) is 0 Å². The first kappa shape index (κ1) is 11.4. The van der Waals surface area contributed by atoms with Crippen molar-refractivity contribution in [1.82, 2.24) is 5.48 Å². The maximum atomic E-state index is 5.84. The highest BCUT2D eigenvalue weighted by Gasteiger charge is 2.21. The van der Waals surface area contributed by atoms with E-state index in [4.69, 9.17) is 9.57 Å². The topological polar surface area (TPSA) is 30.5 Å². The molecule has 0 saturated heterocycles. The average molecular weight is 221 g/mol. The summed E-state index contributed by atoms with van der Waals surface area (Å²) in [5, 5.41) is 0. The van der Waals surface area contributed by atoms with Gasteiger partial charge in [-0.25, -0.2) is 0 Å². The van der Waals surface area contributed by atoms with Crippen molar-refractivity contribution in [3.63, 3.8) is 0 Å². The van der Waals surface area contributed by atoms with Crippen LogP contribution in [-0.4, -0.2) is 13.7 Å². The lowest BCUT2D eigenvalue weighted by molar-refractivity contribution is 0.0579. The molecule has 2 rings (SSSR count). The van der Waals surface area contributed by atoms with Crippen molar-refractivity contribution in [2.45, 2.75) is 32.7 Å². The number of rotatable bonds is 2. The van der Waals surface area contributed by atoms with Crippen molar-refractivity contribution in [3.05, 3.63) is 28.8 Å². The van der Waals surface area contributed by atoms with Crippen LogP contribution in [0, 0.1) is 13.8 Å². The molecule has 1 aliphatic heterocycles. The highest BCUT2D eigenvalue weighted by Crippen LogP contribution is 2.35. The molecule has 0 bridgehead atoms. The first-order valence-corrected chi connectivity index (χ1v) is 5.75. The normalized spacial score (nSPS) is 19.8. The molecular weight excluding hydrogens is 202 g/mol. The number of hydrogen-bond donors (Lipinski definition) is 1. The van der Waals surface area contributed by atoms with Crippen LogP contribution in [0.1, 0.15) is 35.6 Å². The Morgan fingerprint density at radius 2 is 2.19 bits per heavy atom. The van der Waals surface area contributed by atoms with Gasteiger partial charge >= 0.3 is 0 Å². The Morgan fingerprint density at radius 3 is 2.94 bits per heavy atom. The minimum atomic E-state index is 0.238. The van der Waals surface area contributed by atoms with Crippen molar-refractivity contribution in [2.75, 3.05) is 13.7 Å². The fraction of sp³-hybridized carbons (Fsp3) is 0.538. The predicted octanol–water partition coefficient (Wildman–Crippen LogP) is 2.67. The third-order valence-corrected chi connectivity index (χ3v) is 3.23. The molecule has 0 aliphatic carbocycles. The molecule has 3 heteroatoms. The zero-order valence-electron chi connectivity index (χ0n) is 10.2. The summed E-state index contributed by atoms with van der Waals surface area (Å²) in [6.07, 6.45) is 2.09. The van der Waals surface area contributed by atoms with E-state index in [0.29, 0.717) is 0 Å². The summed E-state index contributed by atoms with van der Waals surface area (Å²) in [5.74, 6) is 1.03. The number of benzene rings is 1. The summed E-state index contributed by atoms with van der Waals surface area (Å²) in [5.41, 5.74) is 6.77. The minimum absolute atomic E-state index is 0.238. The monoisotopic (exact) mass is 221 g/mol. The average Bonchev–Trinajstić information content (AvgIpc) is 2.48. The first-order valence-electron chi connectivity index (χ1n) is 5.75. The van der Waals surface area contributed by atoms with Crippen LogP contribution in [-0.2, 0) is 4.84 Å². The molecule has 1 unspecified atom stereocenters. The van der Waals surface area contributed by atoms with E-state index in [9.17, 15) is 0 Å². The van der Waals surface area contributed by atoms with Crippen LogP contribution < -0.4 is 10.2 Å². The van der Waals surface area contributed by atoms with E-state index < -0.39 is 0 Å². The van der Waals surface area contributed by atoms with Gasteiger partial charge in [0.15, 0.2) is 0 Å². The van der Waals surface area contributed by atoms with Crippen LogP contribution >= 0.6 is 0 Å². The Labute approximate surface area is 96.7 Å². The number of aryl methyl sites for hydroxylation is 1. The zero-order chi connectivity index (χ0) is 11.5. The lowest BCUT2D eigenvalue weighted by Gasteiger charge is -2.18. The summed E-state index contributed by atoms with van der Waals surface area (Å²) in [4.78, 5) is 5.06. The molecule has 3 nitrogen and oxygen atoms in total. The fourth-order valence-electron chi connectivity index (χ4n) is 2.16. The third-order valence-electron chi connectivity index (χ3n) is 3.23. The van der Waals surface area contributed by atoms with Gasteiger partial charge in [0.25, 0.3) is 0 Å². The molecule has 0 spiro atoms. The Kier molecular flexibility index (Phi) is 3.46. The molecular formula is C13H19NO2. The molecule has 0 aromatic heterocycles. The molecule has 0 amide bonds. The van der Waals surface area contributed by atoms with Crippen LogP contribution in [0.3, 0.4) is 0 Å². The number of ether oxygens (including phenoxy) is 1. The van der Waals surface area contributed by atoms with Gasteiger partial charge in [-0.15, -0.1) is 0 Å². The SMILES string of the molecule is CONC1CCCOc2c1ccc(C)c2C. The largest absolute Gasteiger partial charge is 0.493 e. The lowest BCUT2D eigenvalue weighted by Crippen LogP contribution is -2.19. The highest BCUT2D eigenvalue weighted by molar-refractivity contribution is 5.47. The molecule has 0 saturated carbocycles. The van der Waals surface area contributed by atoms with Crippen LogP contribution in [0.5, 0.6) is 5.75 Å². The van der Waals surface area contributed by atoms with Gasteiger partial charge in [-0.2, -0.15) is 5.48 Å². The summed E-state index contributed by atoms with van der Waals surface area (Å²) in [6.45, 7) is 5.02. The smallest absolute Gasteiger partial charge is 0.127 e. The van der Waals surface area contributed by atoms with Gasteiger partial charge in [-0.05, 0) is 37.8 Å². The van der Waals surface area contributed by atoms with Gasteiger partial charge in [0.2, 0.25) is 0 Å². The maximum Gasteiger partial charge on any atom is 0.127 e. The quantitative estimate of drug-likeness (QED) is 0.779. The molecule has 1 aromatic rings. The van der Waals surface area contributed by atoms with Crippen LogP contribution in [0.25, 0.3) is 0 Å². The summed E-state index contributed by atoms with van der Waals surface area (Å²) in [6, 6.07) is 4.52. The van der Waals surface area contributed by atoms with Crippen molar-refractivity contribution in [3.8, 4) is 5.75 Å². The third kappa shape index (κ3) is 2.06. The van der Waals surface area contributed by atoms with E-state index in [2.05, 4.69) is 31.5 Å². The second-order valence-corrected chi connectivity index (χ2v) is 4.29. The minimum Gasteiger partial charge on any atom is -0.493 e. The van der Waals surface area contributed by atoms with Gasteiger partial charge in [-0.3, -0.25) is 0 Å². The molecule has 1 N–H and O–H groups in total. The predicted molar refractivity (Wildman–Crippen MR) is 63.5 cm³/mol. The van der Waals surface area contributed by atoms with Crippen molar-refractivity contribution >= 4 is 0 Å². The van der Waals surface area contributed by atoms with Gasteiger partial charge in [-0.1, -0.05) is 12.1 Å². The Bertz CT molecular complexity index is 376. The number of hydrogen-bond acceptors (Lipinski definition) is 3. The number of nitrogens with one attached hydrogen (secondary N) is 1. The number of fused-ring (bicyclic) bond motifs is 1. The molecule has 1 atom stereocenters. The molecule has 0 radical (unpaired) electrons. The van der Waals surface area contributed by atoms with Gasteiger partial charge in [0.05, 0.1) is 19.8 Å². The van der Waals surface area contributed by atoms with E-state index in [-0.39, 0.29) is 6.04 Å². The molecule has 16 heavy (non-hydrogen) atoms. The van der Waals surface area contributed by atoms with Crippen molar-refractivity contribution in [2.24, 2.45) is 0 Å². The van der Waals surface area contributed by atoms with E-state index in [1.165, 1.54) is 16.7 Å². The Morgan fingerprint density at radius 1 is 1.38 bits per heavy atom. The lowest BCUT2D eigenvalue weighted by atomic mass is 9.98. The zero-order valence-corrected chi connectivity index (χ0v) is 10.2. The van der Waals surface area contributed by atoms with E-state index in [1.54, 1.807) is 7.11 Å². The Balaban J connectivity index is 2.42. The molecule has 1 heterocycles. The molecule has 1 aliphatic rings. The first-order chi connectivity index (χ1) is 7.74. The van der Waals surface area contributed by atoms with Gasteiger partial charge in [0.1, 0.15) is 5.75 Å². The van der Waals surface area contributed by atoms with E-state index in [0.717, 1.165) is 25.2 Å².